The van der Waals surface area contributed by atoms with Gasteiger partial charge in [-0.15, -0.1) is 0 Å². The molecule has 3 rings (SSSR count). The van der Waals surface area contributed by atoms with E-state index in [4.69, 9.17) is 9.47 Å². The highest BCUT2D eigenvalue weighted by Crippen LogP contribution is 2.33. The zero-order valence-corrected chi connectivity index (χ0v) is 12.0. The number of sulfonamides is 1. The van der Waals surface area contributed by atoms with Crippen LogP contribution < -0.4 is 14.8 Å². The molecule has 1 fully saturated rings. The Balaban J connectivity index is 1.90. The van der Waals surface area contributed by atoms with E-state index in [1.165, 1.54) is 4.31 Å². The smallest absolute Gasteiger partial charge is 0.243 e. The Morgan fingerprint density at radius 1 is 1.05 bits per heavy atom. The minimum atomic E-state index is -3.46. The van der Waals surface area contributed by atoms with E-state index >= 15 is 0 Å². The molecule has 7 heteroatoms. The Morgan fingerprint density at radius 3 is 2.70 bits per heavy atom. The molecule has 1 N–H and O–H groups in total. The molecule has 0 amide bonds. The van der Waals surface area contributed by atoms with Gasteiger partial charge in [0.2, 0.25) is 10.0 Å². The van der Waals surface area contributed by atoms with E-state index in [0.717, 1.165) is 13.0 Å². The monoisotopic (exact) mass is 298 g/mol. The van der Waals surface area contributed by atoms with E-state index in [0.29, 0.717) is 44.3 Å². The van der Waals surface area contributed by atoms with Crippen LogP contribution in [0.5, 0.6) is 11.5 Å². The minimum absolute atomic E-state index is 0.267. The summed E-state index contributed by atoms with van der Waals surface area (Å²) in [6, 6.07) is 4.81. The van der Waals surface area contributed by atoms with Crippen LogP contribution in [0.25, 0.3) is 0 Å². The first-order valence-corrected chi connectivity index (χ1v) is 8.22. The van der Waals surface area contributed by atoms with Crippen LogP contribution >= 0.6 is 0 Å². The molecule has 2 heterocycles. The molecule has 1 aromatic carbocycles. The molecule has 110 valence electrons. The van der Waals surface area contributed by atoms with Gasteiger partial charge in [0.1, 0.15) is 13.2 Å². The average molecular weight is 298 g/mol. The predicted octanol–water partition coefficient (Wildman–Crippen LogP) is 0.442. The zero-order chi connectivity index (χ0) is 14.0. The highest BCUT2D eigenvalue weighted by Gasteiger charge is 2.26. The van der Waals surface area contributed by atoms with Gasteiger partial charge in [0, 0.05) is 25.7 Å². The third-order valence-electron chi connectivity index (χ3n) is 3.45. The molecule has 0 radical (unpaired) electrons. The highest BCUT2D eigenvalue weighted by atomic mass is 32.2. The quantitative estimate of drug-likeness (QED) is 0.858. The van der Waals surface area contributed by atoms with Crippen molar-refractivity contribution in [3.8, 4) is 11.5 Å². The lowest BCUT2D eigenvalue weighted by Crippen LogP contribution is -2.34. The molecule has 2 aliphatic heterocycles. The second kappa shape index (κ2) is 5.59. The van der Waals surface area contributed by atoms with E-state index < -0.39 is 10.0 Å². The van der Waals surface area contributed by atoms with E-state index in [-0.39, 0.29) is 4.90 Å². The Morgan fingerprint density at radius 2 is 1.85 bits per heavy atom. The number of rotatable bonds is 2. The number of hydrogen-bond acceptors (Lipinski definition) is 5. The van der Waals surface area contributed by atoms with Gasteiger partial charge in [-0.3, -0.25) is 0 Å². The van der Waals surface area contributed by atoms with Crippen molar-refractivity contribution >= 4 is 10.0 Å². The number of hydrogen-bond donors (Lipinski definition) is 1. The van der Waals surface area contributed by atoms with Crippen LogP contribution in [0.4, 0.5) is 0 Å². The number of fused-ring (bicyclic) bond motifs is 1. The van der Waals surface area contributed by atoms with Crippen molar-refractivity contribution in [1.29, 1.82) is 0 Å². The summed E-state index contributed by atoms with van der Waals surface area (Å²) in [5, 5.41) is 3.20. The van der Waals surface area contributed by atoms with Crippen LogP contribution in [-0.2, 0) is 10.0 Å². The van der Waals surface area contributed by atoms with Crippen LogP contribution in [0.15, 0.2) is 23.1 Å². The first-order chi connectivity index (χ1) is 9.68. The SMILES string of the molecule is O=S(=O)(c1ccc2c(c1)OCCO2)N1CCCNCC1. The molecule has 0 unspecified atom stereocenters. The molecule has 0 aliphatic carbocycles. The van der Waals surface area contributed by atoms with Gasteiger partial charge in [-0.1, -0.05) is 0 Å². The summed E-state index contributed by atoms with van der Waals surface area (Å²) in [6.07, 6.45) is 0.823. The van der Waals surface area contributed by atoms with Crippen LogP contribution in [0.3, 0.4) is 0 Å². The van der Waals surface area contributed by atoms with Crippen molar-refractivity contribution in [3.05, 3.63) is 18.2 Å². The van der Waals surface area contributed by atoms with E-state index in [1.807, 2.05) is 0 Å². The summed E-state index contributed by atoms with van der Waals surface area (Å²) in [7, 11) is -3.46. The zero-order valence-electron chi connectivity index (χ0n) is 11.2. The van der Waals surface area contributed by atoms with Crippen molar-refractivity contribution in [3.63, 3.8) is 0 Å². The molecule has 0 atom stereocenters. The third-order valence-corrected chi connectivity index (χ3v) is 5.35. The van der Waals surface area contributed by atoms with E-state index in [1.54, 1.807) is 18.2 Å². The van der Waals surface area contributed by atoms with Gasteiger partial charge >= 0.3 is 0 Å². The number of nitrogens with zero attached hydrogens (tertiary/aromatic N) is 1. The Bertz CT molecular complexity index is 580. The molecule has 6 nitrogen and oxygen atoms in total. The number of ether oxygens (including phenoxy) is 2. The van der Waals surface area contributed by atoms with Gasteiger partial charge in [0.15, 0.2) is 11.5 Å². The summed E-state index contributed by atoms with van der Waals surface area (Å²) in [4.78, 5) is 0.267. The number of nitrogens with one attached hydrogen (secondary N) is 1. The molecular weight excluding hydrogens is 280 g/mol. The molecule has 0 spiro atoms. The highest BCUT2D eigenvalue weighted by molar-refractivity contribution is 7.89. The number of benzene rings is 1. The van der Waals surface area contributed by atoms with Crippen LogP contribution in [0.2, 0.25) is 0 Å². The summed E-state index contributed by atoms with van der Waals surface area (Å²) in [5.41, 5.74) is 0. The fourth-order valence-electron chi connectivity index (χ4n) is 2.39. The predicted molar refractivity (Wildman–Crippen MR) is 73.7 cm³/mol. The van der Waals surface area contributed by atoms with Crippen LogP contribution in [0, 0.1) is 0 Å². The van der Waals surface area contributed by atoms with Gasteiger partial charge in [-0.25, -0.2) is 8.42 Å². The first kappa shape index (κ1) is 13.7. The van der Waals surface area contributed by atoms with Crippen molar-refractivity contribution in [2.45, 2.75) is 11.3 Å². The topological polar surface area (TPSA) is 67.9 Å². The standard InChI is InChI=1S/C13H18N2O4S/c16-20(17,15-6-1-4-14-5-7-15)11-2-3-12-13(10-11)19-9-8-18-12/h2-3,10,14H,1,4-9H2. The molecular formula is C13H18N2O4S. The molecule has 0 bridgehead atoms. The molecule has 2 aliphatic rings. The van der Waals surface area contributed by atoms with E-state index in [9.17, 15) is 8.42 Å². The summed E-state index contributed by atoms with van der Waals surface area (Å²) in [6.45, 7) is 3.53. The average Bonchev–Trinajstić information content (AvgIpc) is 2.76. The lowest BCUT2D eigenvalue weighted by molar-refractivity contribution is 0.171. The second-order valence-corrected chi connectivity index (χ2v) is 6.75. The molecule has 20 heavy (non-hydrogen) atoms. The normalized spacial score (nSPS) is 20.4. The summed E-state index contributed by atoms with van der Waals surface area (Å²) < 4.78 is 37.6. The van der Waals surface area contributed by atoms with Gasteiger partial charge in [0.25, 0.3) is 0 Å². The molecule has 0 saturated carbocycles. The first-order valence-electron chi connectivity index (χ1n) is 6.78. The van der Waals surface area contributed by atoms with Crippen LogP contribution in [0.1, 0.15) is 6.42 Å². The second-order valence-electron chi connectivity index (χ2n) is 4.81. The molecule has 1 aromatic rings. The Hall–Kier alpha value is -1.31. The van der Waals surface area contributed by atoms with Gasteiger partial charge in [0.05, 0.1) is 4.90 Å². The Kier molecular flexibility index (Phi) is 3.82. The van der Waals surface area contributed by atoms with Gasteiger partial charge in [-0.05, 0) is 25.1 Å². The van der Waals surface area contributed by atoms with Crippen molar-refractivity contribution in [2.75, 3.05) is 39.4 Å². The maximum Gasteiger partial charge on any atom is 0.243 e. The largest absolute Gasteiger partial charge is 0.486 e. The maximum absolute atomic E-state index is 12.6. The van der Waals surface area contributed by atoms with Crippen molar-refractivity contribution in [2.24, 2.45) is 0 Å². The molecule has 1 saturated heterocycles. The van der Waals surface area contributed by atoms with Gasteiger partial charge in [-0.2, -0.15) is 4.31 Å². The van der Waals surface area contributed by atoms with E-state index in [2.05, 4.69) is 5.32 Å². The van der Waals surface area contributed by atoms with Crippen LogP contribution in [-0.4, -0.2) is 52.1 Å². The fraction of sp³-hybridized carbons (Fsp3) is 0.538. The van der Waals surface area contributed by atoms with Gasteiger partial charge < -0.3 is 14.8 Å². The summed E-state index contributed by atoms with van der Waals surface area (Å²) in [5.74, 6) is 1.11. The third kappa shape index (κ3) is 2.61. The minimum Gasteiger partial charge on any atom is -0.486 e. The molecule has 0 aromatic heterocycles. The fourth-order valence-corrected chi connectivity index (χ4v) is 3.89. The lowest BCUT2D eigenvalue weighted by atomic mass is 10.3. The van der Waals surface area contributed by atoms with Crippen molar-refractivity contribution in [1.82, 2.24) is 9.62 Å². The lowest BCUT2D eigenvalue weighted by Gasteiger charge is -2.22. The summed E-state index contributed by atoms with van der Waals surface area (Å²) >= 11 is 0. The Labute approximate surface area is 118 Å². The van der Waals surface area contributed by atoms with Crippen molar-refractivity contribution < 1.29 is 17.9 Å². The maximum atomic E-state index is 12.6.